The van der Waals surface area contributed by atoms with Gasteiger partial charge in [-0.2, -0.15) is 0 Å². The lowest BCUT2D eigenvalue weighted by Gasteiger charge is -1.80. The molecule has 0 aliphatic rings. The zero-order chi connectivity index (χ0) is 7.11. The lowest BCUT2D eigenvalue weighted by atomic mass is 10.4. The molecule has 0 atom stereocenters. The van der Waals surface area contributed by atoms with Crippen LogP contribution in [0.5, 0.6) is 0 Å². The lowest BCUT2D eigenvalue weighted by Crippen LogP contribution is -2.02. The first-order chi connectivity index (χ1) is 4.39. The minimum atomic E-state index is 1.29. The monoisotopic (exact) mass is 236 g/mol. The maximum absolute atomic E-state index is 4.00. The van der Waals surface area contributed by atoms with E-state index in [0.29, 0.717) is 0 Å². The highest BCUT2D eigenvalue weighted by Crippen LogP contribution is 1.99. The van der Waals surface area contributed by atoms with Gasteiger partial charge >= 0.3 is 0 Å². The maximum Gasteiger partial charge on any atom is 0.0130 e. The Bertz CT molecular complexity index is 141. The van der Waals surface area contributed by atoms with Gasteiger partial charge < -0.3 is 0 Å². The fraction of sp³-hybridized carbons (Fsp3) is 0. The van der Waals surface area contributed by atoms with Crippen LogP contribution < -0.4 is 11.7 Å². The third-order valence-electron chi connectivity index (χ3n) is 0.733. The number of rotatable bonds is 0. The highest BCUT2D eigenvalue weighted by molar-refractivity contribution is 14.1. The number of benzene rings is 1. The molecule has 0 spiro atoms. The molecule has 0 aliphatic carbocycles. The Morgan fingerprint density at radius 1 is 1.00 bits per heavy atom. The Kier molecular flexibility index (Phi) is 5.91. The van der Waals surface area contributed by atoms with Crippen LogP contribution in [-0.4, -0.2) is 0 Å². The zero-order valence-electron chi connectivity index (χ0n) is 4.92. The molecule has 0 bridgehead atoms. The second-order valence-corrected chi connectivity index (χ2v) is 2.54. The molecule has 1 aromatic carbocycles. The van der Waals surface area contributed by atoms with Crippen LogP contribution in [0.25, 0.3) is 0 Å². The predicted octanol–water partition coefficient (Wildman–Crippen LogP) is 1.11. The number of hydrazine groups is 1. The molecule has 0 amide bonds. The smallest absolute Gasteiger partial charge is 0.0130 e. The normalized spacial score (nSPS) is 7.44. The average molecular weight is 236 g/mol. The standard InChI is InChI=1S/C6H5I.H4N2/c7-6-4-2-1-3-5-6;1-2/h1-5H;1-2H2. The molecule has 4 N–H and O–H groups in total. The topological polar surface area (TPSA) is 52.0 Å². The second-order valence-electron chi connectivity index (χ2n) is 1.30. The van der Waals surface area contributed by atoms with Gasteiger partial charge in [-0.1, -0.05) is 18.2 Å². The van der Waals surface area contributed by atoms with E-state index in [1.165, 1.54) is 3.57 Å². The third kappa shape index (κ3) is 4.38. The van der Waals surface area contributed by atoms with E-state index in [1.54, 1.807) is 0 Å². The van der Waals surface area contributed by atoms with Gasteiger partial charge in [-0.3, -0.25) is 11.7 Å². The molecule has 0 heterocycles. The SMILES string of the molecule is Ic1ccccc1.NN. The lowest BCUT2D eigenvalue weighted by molar-refractivity contribution is 1.26. The first-order valence-corrected chi connectivity index (χ1v) is 3.51. The van der Waals surface area contributed by atoms with Crippen LogP contribution in [0.1, 0.15) is 0 Å². The van der Waals surface area contributed by atoms with Gasteiger partial charge in [0.2, 0.25) is 0 Å². The Morgan fingerprint density at radius 2 is 1.44 bits per heavy atom. The molecule has 0 fully saturated rings. The van der Waals surface area contributed by atoms with E-state index in [9.17, 15) is 0 Å². The molecular weight excluding hydrogens is 227 g/mol. The Morgan fingerprint density at radius 3 is 1.67 bits per heavy atom. The van der Waals surface area contributed by atoms with Crippen LogP contribution in [0.2, 0.25) is 0 Å². The Labute approximate surface area is 68.3 Å². The molecule has 1 aromatic rings. The van der Waals surface area contributed by atoms with Crippen LogP contribution in [0, 0.1) is 3.57 Å². The molecule has 9 heavy (non-hydrogen) atoms. The minimum Gasteiger partial charge on any atom is -0.274 e. The molecule has 0 aliphatic heterocycles. The second kappa shape index (κ2) is 6.00. The Balaban J connectivity index is 0.000000291. The number of nitrogens with two attached hydrogens (primary N) is 2. The maximum atomic E-state index is 4.00. The van der Waals surface area contributed by atoms with Crippen molar-refractivity contribution in [3.05, 3.63) is 33.9 Å². The first kappa shape index (κ1) is 8.87. The number of hydrogen-bond acceptors (Lipinski definition) is 2. The summed E-state index contributed by atoms with van der Waals surface area (Å²) in [4.78, 5) is 0. The van der Waals surface area contributed by atoms with E-state index in [0.717, 1.165) is 0 Å². The van der Waals surface area contributed by atoms with E-state index < -0.39 is 0 Å². The summed E-state index contributed by atoms with van der Waals surface area (Å²) >= 11 is 2.28. The molecule has 0 saturated carbocycles. The van der Waals surface area contributed by atoms with E-state index in [-0.39, 0.29) is 0 Å². The molecule has 50 valence electrons. The third-order valence-corrected chi connectivity index (χ3v) is 1.45. The van der Waals surface area contributed by atoms with E-state index >= 15 is 0 Å². The highest BCUT2D eigenvalue weighted by Gasteiger charge is 1.74. The van der Waals surface area contributed by atoms with Crippen LogP contribution in [0.3, 0.4) is 0 Å². The summed E-state index contributed by atoms with van der Waals surface area (Å²) in [5.74, 6) is 8.00. The summed E-state index contributed by atoms with van der Waals surface area (Å²) < 4.78 is 1.29. The van der Waals surface area contributed by atoms with Crippen molar-refractivity contribution in [2.24, 2.45) is 11.7 Å². The number of hydrogen-bond donors (Lipinski definition) is 2. The van der Waals surface area contributed by atoms with Gasteiger partial charge in [-0.25, -0.2) is 0 Å². The van der Waals surface area contributed by atoms with Gasteiger partial charge in [0.05, 0.1) is 0 Å². The molecule has 0 radical (unpaired) electrons. The van der Waals surface area contributed by atoms with E-state index in [1.807, 2.05) is 18.2 Å². The van der Waals surface area contributed by atoms with Crippen molar-refractivity contribution >= 4 is 22.6 Å². The molecular formula is C6H9IN2. The van der Waals surface area contributed by atoms with Crippen LogP contribution in [-0.2, 0) is 0 Å². The minimum absolute atomic E-state index is 1.29. The zero-order valence-corrected chi connectivity index (χ0v) is 7.08. The summed E-state index contributed by atoms with van der Waals surface area (Å²) in [5.41, 5.74) is 0. The van der Waals surface area contributed by atoms with Crippen molar-refractivity contribution in [1.29, 1.82) is 0 Å². The van der Waals surface area contributed by atoms with Gasteiger partial charge in [0.15, 0.2) is 0 Å². The highest BCUT2D eigenvalue weighted by atomic mass is 127. The molecule has 0 saturated heterocycles. The van der Waals surface area contributed by atoms with E-state index in [2.05, 4.69) is 46.4 Å². The summed E-state index contributed by atoms with van der Waals surface area (Å²) in [5, 5.41) is 0. The molecule has 2 nitrogen and oxygen atoms in total. The number of halogens is 1. The summed E-state index contributed by atoms with van der Waals surface area (Å²) in [6.45, 7) is 0. The molecule has 3 heteroatoms. The van der Waals surface area contributed by atoms with E-state index in [4.69, 9.17) is 0 Å². The fourth-order valence-corrected chi connectivity index (χ4v) is 0.830. The predicted molar refractivity (Wildman–Crippen MR) is 47.5 cm³/mol. The summed E-state index contributed by atoms with van der Waals surface area (Å²) in [6.07, 6.45) is 0. The molecule has 0 unspecified atom stereocenters. The van der Waals surface area contributed by atoms with Gasteiger partial charge in [0.25, 0.3) is 0 Å². The van der Waals surface area contributed by atoms with Gasteiger partial charge in [-0.05, 0) is 34.7 Å². The van der Waals surface area contributed by atoms with Crippen LogP contribution >= 0.6 is 22.6 Å². The fourth-order valence-electron chi connectivity index (χ4n) is 0.415. The van der Waals surface area contributed by atoms with Crippen molar-refractivity contribution in [2.45, 2.75) is 0 Å². The summed E-state index contributed by atoms with van der Waals surface area (Å²) in [6, 6.07) is 10.2. The van der Waals surface area contributed by atoms with Crippen molar-refractivity contribution in [1.82, 2.24) is 0 Å². The van der Waals surface area contributed by atoms with Crippen LogP contribution in [0.15, 0.2) is 30.3 Å². The average Bonchev–Trinajstić information content (AvgIpc) is 1.94. The molecule has 0 aromatic heterocycles. The van der Waals surface area contributed by atoms with Gasteiger partial charge in [-0.15, -0.1) is 0 Å². The van der Waals surface area contributed by atoms with Crippen molar-refractivity contribution < 1.29 is 0 Å². The van der Waals surface area contributed by atoms with Crippen molar-refractivity contribution in [3.63, 3.8) is 0 Å². The quantitative estimate of drug-likeness (QED) is 0.402. The molecule has 1 rings (SSSR count). The van der Waals surface area contributed by atoms with Gasteiger partial charge in [0, 0.05) is 3.57 Å². The largest absolute Gasteiger partial charge is 0.274 e. The Hall–Kier alpha value is -0.130. The van der Waals surface area contributed by atoms with Gasteiger partial charge in [0.1, 0.15) is 0 Å². The summed E-state index contributed by atoms with van der Waals surface area (Å²) in [7, 11) is 0. The van der Waals surface area contributed by atoms with Crippen molar-refractivity contribution in [3.8, 4) is 0 Å². The van der Waals surface area contributed by atoms with Crippen molar-refractivity contribution in [2.75, 3.05) is 0 Å². The first-order valence-electron chi connectivity index (χ1n) is 2.43. The van der Waals surface area contributed by atoms with Crippen LogP contribution in [0.4, 0.5) is 0 Å².